The molecule has 0 fully saturated rings. The van der Waals surface area contributed by atoms with Crippen molar-refractivity contribution in [2.45, 2.75) is 0 Å². The Kier molecular flexibility index (Phi) is 5.63. The molecule has 3 N–H and O–H groups in total. The summed E-state index contributed by atoms with van der Waals surface area (Å²) in [6, 6.07) is 19.8. The second-order valence-corrected chi connectivity index (χ2v) is 6.59. The quantitative estimate of drug-likeness (QED) is 0.404. The molecule has 0 bridgehead atoms. The molecule has 0 aliphatic carbocycles. The molecule has 0 saturated heterocycles. The van der Waals surface area contributed by atoms with Gasteiger partial charge in [0.2, 0.25) is 0 Å². The van der Waals surface area contributed by atoms with Crippen LogP contribution in [-0.2, 0) is 0 Å². The maximum atomic E-state index is 12.5. The van der Waals surface area contributed by atoms with Crippen LogP contribution in [-0.4, -0.2) is 23.1 Å². The van der Waals surface area contributed by atoms with Crippen LogP contribution in [0.2, 0.25) is 0 Å². The Bertz CT molecular complexity index is 1280. The first-order valence-corrected chi connectivity index (χ1v) is 9.46. The number of amides is 2. The number of para-hydroxylation sites is 1. The van der Waals surface area contributed by atoms with E-state index in [1.165, 1.54) is 13.4 Å². The minimum Gasteiger partial charge on any atom is -0.494 e. The predicted octanol–water partition coefficient (Wildman–Crippen LogP) is 5.01. The largest absolute Gasteiger partial charge is 0.494 e. The molecule has 152 valence electrons. The third kappa shape index (κ3) is 4.54. The molecular weight excluding hydrogens is 390 g/mol. The van der Waals surface area contributed by atoms with Gasteiger partial charge in [-0.2, -0.15) is 0 Å². The number of nitrogens with zero attached hydrogens (tertiary/aromatic N) is 2. The molecule has 1 heterocycles. The number of methoxy groups -OCH3 is 1. The summed E-state index contributed by atoms with van der Waals surface area (Å²) in [4.78, 5) is 21.2. The second kappa shape index (κ2) is 8.84. The Labute approximate surface area is 179 Å². The van der Waals surface area contributed by atoms with E-state index in [1.54, 1.807) is 24.3 Å². The van der Waals surface area contributed by atoms with Crippen molar-refractivity contribution in [3.05, 3.63) is 78.6 Å². The summed E-state index contributed by atoms with van der Waals surface area (Å²) in [7, 11) is 1.53. The first-order chi connectivity index (χ1) is 15.2. The van der Waals surface area contributed by atoms with Crippen molar-refractivity contribution in [1.29, 1.82) is 0 Å². The Morgan fingerprint density at radius 1 is 0.968 bits per heavy atom. The van der Waals surface area contributed by atoms with E-state index in [-0.39, 0.29) is 0 Å². The fourth-order valence-corrected chi connectivity index (χ4v) is 3.08. The van der Waals surface area contributed by atoms with Gasteiger partial charge in [-0.3, -0.25) is 0 Å². The van der Waals surface area contributed by atoms with Gasteiger partial charge in [0, 0.05) is 28.4 Å². The number of benzene rings is 3. The summed E-state index contributed by atoms with van der Waals surface area (Å²) in [6.45, 7) is 0. The molecule has 0 atom stereocenters. The van der Waals surface area contributed by atoms with Gasteiger partial charge >= 0.3 is 6.03 Å². The average molecular weight is 409 g/mol. The Morgan fingerprint density at radius 2 is 1.77 bits per heavy atom. The molecule has 0 radical (unpaired) electrons. The number of hydrogen-bond acceptors (Lipinski definition) is 5. The fraction of sp³-hybridized carbons (Fsp3) is 0.0417. The number of fused-ring (bicyclic) bond motifs is 1. The van der Waals surface area contributed by atoms with E-state index in [1.807, 2.05) is 42.5 Å². The normalized spacial score (nSPS) is 10.2. The molecule has 0 aliphatic rings. The molecule has 4 aromatic rings. The van der Waals surface area contributed by atoms with Crippen molar-refractivity contribution in [3.8, 4) is 18.1 Å². The SMILES string of the molecule is C#Cc1cccc(Nc2ncnc3cc(OC)c(NC(=O)Nc4ccccc4)cc23)c1. The highest BCUT2D eigenvalue weighted by atomic mass is 16.5. The lowest BCUT2D eigenvalue weighted by Crippen LogP contribution is -2.19. The van der Waals surface area contributed by atoms with Crippen LogP contribution in [0.1, 0.15) is 5.56 Å². The van der Waals surface area contributed by atoms with E-state index in [0.717, 1.165) is 11.3 Å². The van der Waals surface area contributed by atoms with Gasteiger partial charge in [0.15, 0.2) is 0 Å². The second-order valence-electron chi connectivity index (χ2n) is 6.59. The van der Waals surface area contributed by atoms with Crippen LogP contribution in [0.4, 0.5) is 27.7 Å². The molecule has 1 aromatic heterocycles. The molecule has 2 amide bonds. The van der Waals surface area contributed by atoms with Gasteiger partial charge in [0.25, 0.3) is 0 Å². The van der Waals surface area contributed by atoms with Gasteiger partial charge in [-0.15, -0.1) is 6.42 Å². The Hall–Kier alpha value is -4.57. The van der Waals surface area contributed by atoms with Gasteiger partial charge in [0.05, 0.1) is 18.3 Å². The van der Waals surface area contributed by atoms with E-state index >= 15 is 0 Å². The monoisotopic (exact) mass is 409 g/mol. The molecule has 0 unspecified atom stereocenters. The minimum atomic E-state index is -0.392. The average Bonchev–Trinajstić information content (AvgIpc) is 2.80. The predicted molar refractivity (Wildman–Crippen MR) is 123 cm³/mol. The zero-order chi connectivity index (χ0) is 21.6. The van der Waals surface area contributed by atoms with Crippen LogP contribution < -0.4 is 20.7 Å². The third-order valence-electron chi connectivity index (χ3n) is 4.53. The lowest BCUT2D eigenvalue weighted by Gasteiger charge is -2.14. The maximum absolute atomic E-state index is 12.5. The zero-order valence-electron chi connectivity index (χ0n) is 16.7. The van der Waals surface area contributed by atoms with Crippen LogP contribution in [0.25, 0.3) is 10.9 Å². The van der Waals surface area contributed by atoms with Crippen LogP contribution >= 0.6 is 0 Å². The zero-order valence-corrected chi connectivity index (χ0v) is 16.7. The van der Waals surface area contributed by atoms with Crippen molar-refractivity contribution in [3.63, 3.8) is 0 Å². The highest BCUT2D eigenvalue weighted by molar-refractivity contribution is 6.03. The molecular formula is C24H19N5O2. The van der Waals surface area contributed by atoms with Gasteiger partial charge in [-0.05, 0) is 36.4 Å². The van der Waals surface area contributed by atoms with Crippen molar-refractivity contribution in [2.75, 3.05) is 23.1 Å². The van der Waals surface area contributed by atoms with Crippen molar-refractivity contribution in [2.24, 2.45) is 0 Å². The summed E-state index contributed by atoms with van der Waals surface area (Å²) in [5.41, 5.74) is 3.38. The summed E-state index contributed by atoms with van der Waals surface area (Å²) in [5, 5.41) is 9.59. The topological polar surface area (TPSA) is 88.2 Å². The standard InChI is InChI=1S/C24H19N5O2/c1-3-16-8-7-11-18(12-16)27-23-19-13-21(22(31-2)14-20(19)25-15-26-23)29-24(30)28-17-9-5-4-6-10-17/h1,4-15H,2H3,(H,25,26,27)(H2,28,29,30). The summed E-state index contributed by atoms with van der Waals surface area (Å²) in [6.07, 6.45) is 6.96. The first-order valence-electron chi connectivity index (χ1n) is 9.46. The van der Waals surface area contributed by atoms with E-state index in [2.05, 4.69) is 31.8 Å². The van der Waals surface area contributed by atoms with Crippen LogP contribution in [0.3, 0.4) is 0 Å². The number of carbonyl (C=O) groups is 1. The van der Waals surface area contributed by atoms with E-state index in [9.17, 15) is 4.79 Å². The minimum absolute atomic E-state index is 0.392. The number of urea groups is 1. The first kappa shape index (κ1) is 19.7. The number of rotatable bonds is 5. The number of ether oxygens (including phenoxy) is 1. The van der Waals surface area contributed by atoms with E-state index < -0.39 is 6.03 Å². The number of nitrogens with one attached hydrogen (secondary N) is 3. The third-order valence-corrected chi connectivity index (χ3v) is 4.53. The molecule has 0 saturated carbocycles. The van der Waals surface area contributed by atoms with Gasteiger partial charge in [-0.25, -0.2) is 14.8 Å². The molecule has 3 aromatic carbocycles. The number of carbonyl (C=O) groups excluding carboxylic acids is 1. The fourth-order valence-electron chi connectivity index (χ4n) is 3.08. The lowest BCUT2D eigenvalue weighted by atomic mass is 10.1. The molecule has 4 rings (SSSR count). The Morgan fingerprint density at radius 3 is 2.55 bits per heavy atom. The smallest absolute Gasteiger partial charge is 0.323 e. The lowest BCUT2D eigenvalue weighted by molar-refractivity contribution is 0.262. The van der Waals surface area contributed by atoms with Crippen molar-refractivity contribution in [1.82, 2.24) is 9.97 Å². The molecule has 0 aliphatic heterocycles. The number of terminal acetylenes is 1. The van der Waals surface area contributed by atoms with Gasteiger partial charge in [0.1, 0.15) is 17.9 Å². The van der Waals surface area contributed by atoms with Gasteiger partial charge in [-0.1, -0.05) is 30.2 Å². The molecule has 7 nitrogen and oxygen atoms in total. The van der Waals surface area contributed by atoms with Crippen LogP contribution in [0, 0.1) is 12.3 Å². The van der Waals surface area contributed by atoms with E-state index in [4.69, 9.17) is 11.2 Å². The van der Waals surface area contributed by atoms with Gasteiger partial charge < -0.3 is 20.7 Å². The number of anilines is 4. The van der Waals surface area contributed by atoms with Crippen molar-refractivity contribution < 1.29 is 9.53 Å². The summed E-state index contributed by atoms with van der Waals surface area (Å²) >= 11 is 0. The van der Waals surface area contributed by atoms with Crippen LogP contribution in [0.15, 0.2) is 73.1 Å². The number of hydrogen-bond donors (Lipinski definition) is 3. The highest BCUT2D eigenvalue weighted by Gasteiger charge is 2.13. The highest BCUT2D eigenvalue weighted by Crippen LogP contribution is 2.33. The molecule has 7 heteroatoms. The Balaban J connectivity index is 1.66. The van der Waals surface area contributed by atoms with Crippen LogP contribution in [0.5, 0.6) is 5.75 Å². The molecule has 31 heavy (non-hydrogen) atoms. The number of aromatic nitrogens is 2. The van der Waals surface area contributed by atoms with Crippen molar-refractivity contribution >= 4 is 39.8 Å². The molecule has 0 spiro atoms. The summed E-state index contributed by atoms with van der Waals surface area (Å²) in [5.74, 6) is 3.67. The maximum Gasteiger partial charge on any atom is 0.323 e. The van der Waals surface area contributed by atoms with E-state index in [0.29, 0.717) is 33.8 Å². The summed E-state index contributed by atoms with van der Waals surface area (Å²) < 4.78 is 5.45.